The second-order valence-electron chi connectivity index (χ2n) is 6.14. The zero-order chi connectivity index (χ0) is 23.1. The van der Waals surface area contributed by atoms with Gasteiger partial charge in [-0.15, -0.1) is 0 Å². The predicted molar refractivity (Wildman–Crippen MR) is 111 cm³/mol. The van der Waals surface area contributed by atoms with Gasteiger partial charge in [-0.3, -0.25) is 19.2 Å². The monoisotopic (exact) mass is 438 g/mol. The van der Waals surface area contributed by atoms with E-state index < -0.39 is 23.6 Å². The Kier molecular flexibility index (Phi) is 6.82. The van der Waals surface area contributed by atoms with E-state index in [2.05, 4.69) is 31.2 Å². The van der Waals surface area contributed by atoms with Gasteiger partial charge in [0, 0.05) is 12.4 Å². The molecule has 0 aliphatic carbocycles. The zero-order valence-electron chi connectivity index (χ0n) is 16.7. The minimum atomic E-state index is -1.67. The van der Waals surface area contributed by atoms with Gasteiger partial charge in [0.2, 0.25) is 5.78 Å². The van der Waals surface area contributed by atoms with Crippen molar-refractivity contribution >= 4 is 35.4 Å². The van der Waals surface area contributed by atoms with Crippen molar-refractivity contribution in [3.05, 3.63) is 54.5 Å². The van der Waals surface area contributed by atoms with Gasteiger partial charge in [-0.1, -0.05) is 12.1 Å². The summed E-state index contributed by atoms with van der Waals surface area (Å²) < 4.78 is 6.29. The number of para-hydroxylation sites is 2. The van der Waals surface area contributed by atoms with Crippen LogP contribution >= 0.6 is 0 Å². The first-order chi connectivity index (χ1) is 15.5. The highest BCUT2D eigenvalue weighted by Gasteiger charge is 2.28. The Morgan fingerprint density at radius 2 is 1.88 bits per heavy atom. The normalized spacial score (nSPS) is 11.3. The fourth-order valence-electron chi connectivity index (χ4n) is 2.63. The maximum absolute atomic E-state index is 12.7. The van der Waals surface area contributed by atoms with Crippen LogP contribution in [0.2, 0.25) is 0 Å². The van der Waals surface area contributed by atoms with Gasteiger partial charge in [0.15, 0.2) is 18.1 Å². The number of amides is 2. The fraction of sp³-hybridized carbons (Fsp3) is 0.105. The Labute approximate surface area is 181 Å². The van der Waals surface area contributed by atoms with Gasteiger partial charge in [-0.05, 0) is 18.2 Å². The molecule has 0 bridgehead atoms. The van der Waals surface area contributed by atoms with Gasteiger partial charge in [0.1, 0.15) is 11.3 Å². The van der Waals surface area contributed by atoms with Gasteiger partial charge >= 0.3 is 0 Å². The Balaban J connectivity index is 1.87. The van der Waals surface area contributed by atoms with Gasteiger partial charge in [-0.25, -0.2) is 15.4 Å². The van der Waals surface area contributed by atoms with Gasteiger partial charge in [-0.2, -0.15) is 9.78 Å². The van der Waals surface area contributed by atoms with Crippen LogP contribution in [0.5, 0.6) is 5.75 Å². The van der Waals surface area contributed by atoms with Crippen LogP contribution in [0.15, 0.2) is 48.9 Å². The van der Waals surface area contributed by atoms with Crippen LogP contribution in [0.3, 0.4) is 0 Å². The van der Waals surface area contributed by atoms with Crippen molar-refractivity contribution in [2.45, 2.75) is 6.04 Å². The summed E-state index contributed by atoms with van der Waals surface area (Å²) in [6, 6.07) is 6.42. The summed E-state index contributed by atoms with van der Waals surface area (Å²) in [7, 11) is 1.41. The molecule has 32 heavy (non-hydrogen) atoms. The summed E-state index contributed by atoms with van der Waals surface area (Å²) in [5.41, 5.74) is 10.6. The number of aldehydes is 1. The van der Waals surface area contributed by atoms with Crippen molar-refractivity contribution in [2.75, 3.05) is 17.9 Å². The zero-order valence-corrected chi connectivity index (χ0v) is 16.7. The third-order valence-corrected chi connectivity index (χ3v) is 4.14. The molecule has 2 heterocycles. The first kappa shape index (κ1) is 22.0. The average Bonchev–Trinajstić information content (AvgIpc) is 3.24. The number of ether oxygens (including phenoxy) is 1. The molecule has 0 saturated heterocycles. The molecule has 13 nitrogen and oxygen atoms in total. The SMILES string of the molecule is COc1ccccc1NC(=O)C(NNc1c(C(N)=O)cnn1-c1ncccn1)C(=O)C=O. The molecule has 5 N–H and O–H groups in total. The number of nitrogens with two attached hydrogens (primary N) is 1. The molecular formula is C19H18N8O5. The molecule has 1 unspecified atom stereocenters. The minimum absolute atomic E-state index is 0.00620. The number of carbonyl (C=O) groups is 4. The molecule has 0 fully saturated rings. The van der Waals surface area contributed by atoms with E-state index in [0.717, 1.165) is 10.9 Å². The maximum Gasteiger partial charge on any atom is 0.254 e. The fourth-order valence-corrected chi connectivity index (χ4v) is 2.63. The van der Waals surface area contributed by atoms with Crippen molar-refractivity contribution in [1.82, 2.24) is 25.2 Å². The van der Waals surface area contributed by atoms with Crippen LogP contribution in [0.25, 0.3) is 5.95 Å². The largest absolute Gasteiger partial charge is 0.495 e. The molecular weight excluding hydrogens is 420 g/mol. The molecule has 13 heteroatoms. The molecule has 3 aromatic rings. The van der Waals surface area contributed by atoms with E-state index in [0.29, 0.717) is 5.75 Å². The molecule has 0 aliphatic heterocycles. The number of hydrogen-bond acceptors (Lipinski definition) is 10. The Morgan fingerprint density at radius 3 is 2.53 bits per heavy atom. The smallest absolute Gasteiger partial charge is 0.254 e. The number of hydrazine groups is 1. The molecule has 2 amide bonds. The molecule has 0 spiro atoms. The summed E-state index contributed by atoms with van der Waals surface area (Å²) in [5.74, 6) is -2.39. The molecule has 164 valence electrons. The highest BCUT2D eigenvalue weighted by molar-refractivity contribution is 6.34. The van der Waals surface area contributed by atoms with E-state index in [1.807, 2.05) is 0 Å². The van der Waals surface area contributed by atoms with Crippen LogP contribution in [0.4, 0.5) is 11.5 Å². The number of aromatic nitrogens is 4. The molecule has 1 aromatic carbocycles. The Bertz CT molecular complexity index is 1150. The number of nitrogens with zero attached hydrogens (tertiary/aromatic N) is 4. The lowest BCUT2D eigenvalue weighted by molar-refractivity contribution is -0.134. The average molecular weight is 438 g/mol. The maximum atomic E-state index is 12.7. The Hall–Kier alpha value is -4.65. The Morgan fingerprint density at radius 1 is 1.16 bits per heavy atom. The number of nitrogens with one attached hydrogen (secondary N) is 3. The van der Waals surface area contributed by atoms with Crippen LogP contribution in [-0.2, 0) is 14.4 Å². The van der Waals surface area contributed by atoms with Gasteiger partial charge in [0.05, 0.1) is 19.0 Å². The third kappa shape index (κ3) is 4.73. The number of primary amides is 1. The van der Waals surface area contributed by atoms with Crippen molar-refractivity contribution in [3.63, 3.8) is 0 Å². The molecule has 0 radical (unpaired) electrons. The molecule has 2 aromatic heterocycles. The topological polar surface area (TPSA) is 183 Å². The van der Waals surface area contributed by atoms with E-state index >= 15 is 0 Å². The van der Waals surface area contributed by atoms with Crippen molar-refractivity contribution in [3.8, 4) is 11.7 Å². The first-order valence-corrected chi connectivity index (χ1v) is 9.06. The lowest BCUT2D eigenvalue weighted by atomic mass is 10.2. The van der Waals surface area contributed by atoms with Gasteiger partial charge < -0.3 is 21.2 Å². The van der Waals surface area contributed by atoms with Gasteiger partial charge in [0.25, 0.3) is 17.8 Å². The number of rotatable bonds is 10. The van der Waals surface area contributed by atoms with E-state index in [-0.39, 0.29) is 29.3 Å². The predicted octanol–water partition coefficient (Wildman–Crippen LogP) is -0.538. The molecule has 1 atom stereocenters. The summed E-state index contributed by atoms with van der Waals surface area (Å²) >= 11 is 0. The number of hydrogen-bond donors (Lipinski definition) is 4. The number of carbonyl (C=O) groups excluding carboxylic acids is 4. The third-order valence-electron chi connectivity index (χ3n) is 4.14. The number of benzene rings is 1. The summed E-state index contributed by atoms with van der Waals surface area (Å²) in [4.78, 5) is 55.8. The minimum Gasteiger partial charge on any atom is -0.495 e. The van der Waals surface area contributed by atoms with E-state index in [9.17, 15) is 19.2 Å². The standard InChI is InChI=1S/C19H18N8O5/c1-32-14-6-3-2-5-12(14)24-18(31)15(13(29)10-28)25-26-17-11(16(20)30)9-23-27(17)19-21-7-4-8-22-19/h2-10,15,25-26H,1H3,(H2,20,30)(H,24,31). The number of methoxy groups -OCH3 is 1. The summed E-state index contributed by atoms with van der Waals surface area (Å²) in [6.07, 6.45) is 4.05. The second kappa shape index (κ2) is 9.90. The van der Waals surface area contributed by atoms with Crippen molar-refractivity contribution < 1.29 is 23.9 Å². The highest BCUT2D eigenvalue weighted by atomic mass is 16.5. The quantitative estimate of drug-likeness (QED) is 0.139. The van der Waals surface area contributed by atoms with E-state index in [1.165, 1.54) is 19.5 Å². The molecule has 0 aliphatic rings. The van der Waals surface area contributed by atoms with Crippen molar-refractivity contribution in [2.24, 2.45) is 5.73 Å². The van der Waals surface area contributed by atoms with Crippen LogP contribution in [-0.4, -0.2) is 56.8 Å². The second-order valence-corrected chi connectivity index (χ2v) is 6.14. The lowest BCUT2D eigenvalue weighted by Crippen LogP contribution is -2.49. The molecule has 0 saturated carbocycles. The summed E-state index contributed by atoms with van der Waals surface area (Å²) in [5, 5.41) is 6.51. The summed E-state index contributed by atoms with van der Waals surface area (Å²) in [6.45, 7) is 0. The van der Waals surface area contributed by atoms with E-state index in [1.54, 1.807) is 30.3 Å². The van der Waals surface area contributed by atoms with Crippen molar-refractivity contribution in [1.29, 1.82) is 0 Å². The first-order valence-electron chi connectivity index (χ1n) is 9.06. The number of ketones is 1. The highest BCUT2D eigenvalue weighted by Crippen LogP contribution is 2.23. The van der Waals surface area contributed by atoms with Crippen LogP contribution in [0.1, 0.15) is 10.4 Å². The lowest BCUT2D eigenvalue weighted by Gasteiger charge is -2.18. The van der Waals surface area contributed by atoms with E-state index in [4.69, 9.17) is 10.5 Å². The number of Topliss-reactive ketones (excluding diaryl/α,β-unsaturated/α-hetero) is 1. The molecule has 3 rings (SSSR count). The van der Waals surface area contributed by atoms with Crippen LogP contribution < -0.4 is 26.6 Å². The number of anilines is 2. The van der Waals surface area contributed by atoms with Crippen LogP contribution in [0, 0.1) is 0 Å².